The molecular formula is C10H17N3O4S. The SMILES string of the molecule is CCn1cnc(S(=O)(=O)NC(C)C(C)C(=O)O)c1. The molecule has 1 aromatic heterocycles. The van der Waals surface area contributed by atoms with Gasteiger partial charge in [-0.15, -0.1) is 0 Å². The maximum absolute atomic E-state index is 11.9. The minimum absolute atomic E-state index is 0.103. The summed E-state index contributed by atoms with van der Waals surface area (Å²) >= 11 is 0. The first-order valence-corrected chi connectivity index (χ1v) is 7.03. The van der Waals surface area contributed by atoms with Gasteiger partial charge in [0.25, 0.3) is 10.0 Å². The van der Waals surface area contributed by atoms with Crippen LogP contribution in [0.4, 0.5) is 0 Å². The summed E-state index contributed by atoms with van der Waals surface area (Å²) in [5.41, 5.74) is 0. The average Bonchev–Trinajstić information content (AvgIpc) is 2.76. The Morgan fingerprint density at radius 1 is 1.56 bits per heavy atom. The van der Waals surface area contributed by atoms with Gasteiger partial charge in [-0.25, -0.2) is 18.1 Å². The molecule has 1 rings (SSSR count). The zero-order valence-electron chi connectivity index (χ0n) is 10.5. The number of imidazole rings is 1. The molecule has 1 heterocycles. The number of carbonyl (C=O) groups is 1. The summed E-state index contributed by atoms with van der Waals surface area (Å²) in [4.78, 5) is 14.5. The first kappa shape index (κ1) is 14.7. The second-order valence-electron chi connectivity index (χ2n) is 4.08. The molecule has 0 saturated heterocycles. The van der Waals surface area contributed by atoms with Gasteiger partial charge in [-0.05, 0) is 13.8 Å². The number of carboxylic acids is 1. The molecule has 2 N–H and O–H groups in total. The average molecular weight is 275 g/mol. The van der Waals surface area contributed by atoms with E-state index in [1.165, 1.54) is 26.4 Å². The van der Waals surface area contributed by atoms with Gasteiger partial charge in [0.2, 0.25) is 0 Å². The lowest BCUT2D eigenvalue weighted by molar-refractivity contribution is -0.141. The Morgan fingerprint density at radius 3 is 2.61 bits per heavy atom. The second kappa shape index (κ2) is 5.49. The predicted octanol–water partition coefficient (Wildman–Crippen LogP) is 0.290. The molecule has 0 spiro atoms. The Hall–Kier alpha value is -1.41. The lowest BCUT2D eigenvalue weighted by Gasteiger charge is -2.16. The van der Waals surface area contributed by atoms with Crippen LogP contribution < -0.4 is 4.72 Å². The van der Waals surface area contributed by atoms with Gasteiger partial charge in [0, 0.05) is 18.8 Å². The summed E-state index contributed by atoms with van der Waals surface area (Å²) in [5.74, 6) is -1.86. The maximum Gasteiger partial charge on any atom is 0.307 e. The Morgan fingerprint density at radius 2 is 2.17 bits per heavy atom. The number of nitrogens with one attached hydrogen (secondary N) is 1. The monoisotopic (exact) mass is 275 g/mol. The van der Waals surface area contributed by atoms with Crippen molar-refractivity contribution in [1.29, 1.82) is 0 Å². The normalized spacial score (nSPS) is 15.3. The molecular weight excluding hydrogens is 258 g/mol. The summed E-state index contributed by atoms with van der Waals surface area (Å²) in [6.07, 6.45) is 2.82. The van der Waals surface area contributed by atoms with Crippen LogP contribution in [0.3, 0.4) is 0 Å². The van der Waals surface area contributed by atoms with Crippen LogP contribution in [-0.4, -0.2) is 35.1 Å². The van der Waals surface area contributed by atoms with E-state index in [4.69, 9.17) is 5.11 Å². The highest BCUT2D eigenvalue weighted by atomic mass is 32.2. The van der Waals surface area contributed by atoms with Crippen molar-refractivity contribution in [2.45, 2.75) is 38.4 Å². The van der Waals surface area contributed by atoms with E-state index in [1.807, 2.05) is 6.92 Å². The van der Waals surface area contributed by atoms with Crippen LogP contribution in [0.2, 0.25) is 0 Å². The molecule has 7 nitrogen and oxygen atoms in total. The molecule has 8 heteroatoms. The van der Waals surface area contributed by atoms with Crippen molar-refractivity contribution < 1.29 is 18.3 Å². The van der Waals surface area contributed by atoms with E-state index >= 15 is 0 Å². The van der Waals surface area contributed by atoms with Crippen LogP contribution in [-0.2, 0) is 21.4 Å². The Labute approximate surface area is 106 Å². The van der Waals surface area contributed by atoms with Crippen molar-refractivity contribution in [3.05, 3.63) is 12.5 Å². The molecule has 0 aromatic carbocycles. The van der Waals surface area contributed by atoms with Crippen LogP contribution in [0, 0.1) is 5.92 Å². The molecule has 2 atom stereocenters. The van der Waals surface area contributed by atoms with Gasteiger partial charge < -0.3 is 9.67 Å². The zero-order valence-corrected chi connectivity index (χ0v) is 11.3. The van der Waals surface area contributed by atoms with E-state index in [0.29, 0.717) is 6.54 Å². The molecule has 0 fully saturated rings. The molecule has 18 heavy (non-hydrogen) atoms. The third-order valence-electron chi connectivity index (χ3n) is 2.73. The minimum atomic E-state index is -3.77. The fourth-order valence-electron chi connectivity index (χ4n) is 1.27. The van der Waals surface area contributed by atoms with Gasteiger partial charge in [0.05, 0.1) is 12.2 Å². The van der Waals surface area contributed by atoms with Crippen molar-refractivity contribution in [1.82, 2.24) is 14.3 Å². The highest BCUT2D eigenvalue weighted by molar-refractivity contribution is 7.89. The van der Waals surface area contributed by atoms with Crippen molar-refractivity contribution >= 4 is 16.0 Å². The maximum atomic E-state index is 11.9. The number of rotatable bonds is 6. The summed E-state index contributed by atoms with van der Waals surface area (Å²) in [6, 6.07) is -0.709. The third kappa shape index (κ3) is 3.30. The summed E-state index contributed by atoms with van der Waals surface area (Å²) in [7, 11) is -3.77. The van der Waals surface area contributed by atoms with Crippen LogP contribution in [0.25, 0.3) is 0 Å². The number of aromatic nitrogens is 2. The number of hydrogen-bond donors (Lipinski definition) is 2. The third-order valence-corrected chi connectivity index (χ3v) is 4.17. The van der Waals surface area contributed by atoms with E-state index in [2.05, 4.69) is 9.71 Å². The van der Waals surface area contributed by atoms with E-state index in [9.17, 15) is 13.2 Å². The first-order chi connectivity index (χ1) is 8.27. The predicted molar refractivity (Wildman–Crippen MR) is 64.5 cm³/mol. The molecule has 0 amide bonds. The second-order valence-corrected chi connectivity index (χ2v) is 5.74. The number of sulfonamides is 1. The van der Waals surface area contributed by atoms with Crippen LogP contribution >= 0.6 is 0 Å². The van der Waals surface area contributed by atoms with Crippen LogP contribution in [0.5, 0.6) is 0 Å². The van der Waals surface area contributed by atoms with Crippen molar-refractivity contribution in [2.75, 3.05) is 0 Å². The molecule has 0 aliphatic rings. The van der Waals surface area contributed by atoms with E-state index in [-0.39, 0.29) is 5.03 Å². The van der Waals surface area contributed by atoms with Crippen LogP contribution in [0.15, 0.2) is 17.6 Å². The summed E-state index contributed by atoms with van der Waals surface area (Å²) in [5, 5.41) is 8.70. The molecule has 0 saturated carbocycles. The minimum Gasteiger partial charge on any atom is -0.481 e. The first-order valence-electron chi connectivity index (χ1n) is 5.54. The van der Waals surface area contributed by atoms with E-state index in [1.54, 1.807) is 4.57 Å². The molecule has 0 aliphatic heterocycles. The largest absolute Gasteiger partial charge is 0.481 e. The van der Waals surface area contributed by atoms with Gasteiger partial charge >= 0.3 is 5.97 Å². The number of nitrogens with zero attached hydrogens (tertiary/aromatic N) is 2. The molecule has 0 radical (unpaired) electrons. The lowest BCUT2D eigenvalue weighted by atomic mass is 10.1. The fraction of sp³-hybridized carbons (Fsp3) is 0.600. The topological polar surface area (TPSA) is 101 Å². The molecule has 0 aliphatic carbocycles. The molecule has 1 aromatic rings. The summed E-state index contributed by atoms with van der Waals surface area (Å²) < 4.78 is 27.8. The highest BCUT2D eigenvalue weighted by Gasteiger charge is 2.26. The van der Waals surface area contributed by atoms with Gasteiger partial charge in [0.15, 0.2) is 5.03 Å². The zero-order chi connectivity index (χ0) is 13.9. The quantitative estimate of drug-likeness (QED) is 0.777. The Balaban J connectivity index is 2.85. The van der Waals surface area contributed by atoms with Crippen molar-refractivity contribution in [3.8, 4) is 0 Å². The number of aryl methyl sites for hydroxylation is 1. The van der Waals surface area contributed by atoms with Gasteiger partial charge in [-0.1, -0.05) is 6.92 Å². The number of hydrogen-bond acceptors (Lipinski definition) is 4. The lowest BCUT2D eigenvalue weighted by Crippen LogP contribution is -2.40. The van der Waals surface area contributed by atoms with E-state index < -0.39 is 28.0 Å². The number of carboxylic acid groups (broad SMARTS) is 1. The Kier molecular flexibility index (Phi) is 4.47. The number of aliphatic carboxylic acids is 1. The van der Waals surface area contributed by atoms with Gasteiger partial charge in [-0.2, -0.15) is 0 Å². The standard InChI is InChI=1S/C10H17N3O4S/c1-4-13-5-9(11-6-13)18(16,17)12-8(3)7(2)10(14)15/h5-8,12H,4H2,1-3H3,(H,14,15). The molecule has 102 valence electrons. The van der Waals surface area contributed by atoms with E-state index in [0.717, 1.165) is 0 Å². The Bertz CT molecular complexity index is 523. The van der Waals surface area contributed by atoms with Crippen molar-refractivity contribution in [2.24, 2.45) is 5.92 Å². The summed E-state index contributed by atoms with van der Waals surface area (Å²) in [6.45, 7) is 5.43. The molecule has 0 bridgehead atoms. The highest BCUT2D eigenvalue weighted by Crippen LogP contribution is 2.10. The van der Waals surface area contributed by atoms with Gasteiger partial charge in [-0.3, -0.25) is 4.79 Å². The van der Waals surface area contributed by atoms with Crippen LogP contribution in [0.1, 0.15) is 20.8 Å². The smallest absolute Gasteiger partial charge is 0.307 e. The van der Waals surface area contributed by atoms with Crippen molar-refractivity contribution in [3.63, 3.8) is 0 Å². The van der Waals surface area contributed by atoms with Gasteiger partial charge in [0.1, 0.15) is 0 Å². The molecule has 2 unspecified atom stereocenters. The fourth-order valence-corrected chi connectivity index (χ4v) is 2.55.